The number of anilines is 1. The van der Waals surface area contributed by atoms with E-state index in [1.54, 1.807) is 19.1 Å². The number of nitro groups is 1. The first-order valence-electron chi connectivity index (χ1n) is 6.88. The fraction of sp³-hybridized carbons (Fsp3) is 0.125. The number of fused-ring (bicyclic) bond motifs is 1. The van der Waals surface area contributed by atoms with Crippen LogP contribution in [-0.4, -0.2) is 15.8 Å². The van der Waals surface area contributed by atoms with Crippen molar-refractivity contribution in [2.75, 3.05) is 5.32 Å². The quantitative estimate of drug-likeness (QED) is 0.580. The standard InChI is InChI=1S/C16H13N3O3S/c1-9-6-7-11(8-12(9)19(21)22)15(20)18-16-17-14-10(2)4-3-5-13(14)23-16/h3-8H,1-2H3,(H,17,18,20). The zero-order valence-corrected chi connectivity index (χ0v) is 13.3. The smallest absolute Gasteiger partial charge is 0.273 e. The van der Waals surface area contributed by atoms with Crippen LogP contribution < -0.4 is 5.32 Å². The van der Waals surface area contributed by atoms with Gasteiger partial charge in [-0.2, -0.15) is 0 Å². The Balaban J connectivity index is 1.90. The van der Waals surface area contributed by atoms with Gasteiger partial charge < -0.3 is 0 Å². The molecule has 0 aliphatic carbocycles. The van der Waals surface area contributed by atoms with Crippen LogP contribution in [0.5, 0.6) is 0 Å². The molecule has 116 valence electrons. The van der Waals surface area contributed by atoms with Gasteiger partial charge in [0.1, 0.15) is 0 Å². The van der Waals surface area contributed by atoms with E-state index in [1.165, 1.54) is 17.4 Å². The first-order valence-corrected chi connectivity index (χ1v) is 7.70. The molecule has 0 aliphatic heterocycles. The fourth-order valence-corrected chi connectivity index (χ4v) is 3.20. The third-order valence-electron chi connectivity index (χ3n) is 3.51. The molecule has 0 aliphatic rings. The highest BCUT2D eigenvalue weighted by atomic mass is 32.1. The van der Waals surface area contributed by atoms with Crippen LogP contribution in [-0.2, 0) is 0 Å². The van der Waals surface area contributed by atoms with Gasteiger partial charge >= 0.3 is 0 Å². The molecule has 1 N–H and O–H groups in total. The van der Waals surface area contributed by atoms with E-state index in [2.05, 4.69) is 10.3 Å². The van der Waals surface area contributed by atoms with Gasteiger partial charge in [0.05, 0.1) is 15.1 Å². The summed E-state index contributed by atoms with van der Waals surface area (Å²) in [6.07, 6.45) is 0. The SMILES string of the molecule is Cc1ccc(C(=O)Nc2nc3c(C)cccc3s2)cc1[N+](=O)[O-]. The average Bonchev–Trinajstić information content (AvgIpc) is 2.91. The van der Waals surface area contributed by atoms with E-state index in [-0.39, 0.29) is 11.3 Å². The van der Waals surface area contributed by atoms with E-state index in [1.807, 2.05) is 25.1 Å². The Morgan fingerprint density at radius 3 is 2.70 bits per heavy atom. The number of carbonyl (C=O) groups is 1. The summed E-state index contributed by atoms with van der Waals surface area (Å²) in [6, 6.07) is 10.2. The zero-order valence-electron chi connectivity index (χ0n) is 12.5. The number of aryl methyl sites for hydroxylation is 2. The lowest BCUT2D eigenvalue weighted by molar-refractivity contribution is -0.385. The van der Waals surface area contributed by atoms with E-state index >= 15 is 0 Å². The molecular weight excluding hydrogens is 314 g/mol. The Morgan fingerprint density at radius 1 is 1.22 bits per heavy atom. The Morgan fingerprint density at radius 2 is 2.00 bits per heavy atom. The largest absolute Gasteiger partial charge is 0.298 e. The van der Waals surface area contributed by atoms with Crippen LogP contribution in [0, 0.1) is 24.0 Å². The highest BCUT2D eigenvalue weighted by molar-refractivity contribution is 7.22. The van der Waals surface area contributed by atoms with Crippen LogP contribution in [0.25, 0.3) is 10.2 Å². The number of para-hydroxylation sites is 1. The molecule has 0 fully saturated rings. The third-order valence-corrected chi connectivity index (χ3v) is 4.45. The van der Waals surface area contributed by atoms with Crippen molar-refractivity contribution in [1.29, 1.82) is 0 Å². The molecule has 1 amide bonds. The number of hydrogen-bond donors (Lipinski definition) is 1. The van der Waals surface area contributed by atoms with Gasteiger partial charge in [0.2, 0.25) is 0 Å². The van der Waals surface area contributed by atoms with Crippen LogP contribution in [0.2, 0.25) is 0 Å². The van der Waals surface area contributed by atoms with Crippen molar-refractivity contribution < 1.29 is 9.72 Å². The highest BCUT2D eigenvalue weighted by Gasteiger charge is 2.16. The second-order valence-corrected chi connectivity index (χ2v) is 6.18. The molecule has 0 saturated carbocycles. The van der Waals surface area contributed by atoms with Crippen molar-refractivity contribution in [2.45, 2.75) is 13.8 Å². The van der Waals surface area contributed by atoms with Crippen molar-refractivity contribution in [3.05, 3.63) is 63.2 Å². The lowest BCUT2D eigenvalue weighted by atomic mass is 10.1. The molecule has 7 heteroatoms. The highest BCUT2D eigenvalue weighted by Crippen LogP contribution is 2.28. The molecule has 0 unspecified atom stereocenters. The summed E-state index contributed by atoms with van der Waals surface area (Å²) in [4.78, 5) is 27.2. The minimum Gasteiger partial charge on any atom is -0.298 e. The number of nitrogens with zero attached hydrogens (tertiary/aromatic N) is 2. The van der Waals surface area contributed by atoms with E-state index in [0.29, 0.717) is 10.7 Å². The lowest BCUT2D eigenvalue weighted by Gasteiger charge is -2.03. The molecule has 0 spiro atoms. The number of aromatic nitrogens is 1. The summed E-state index contributed by atoms with van der Waals surface area (Å²) in [5, 5.41) is 14.2. The molecule has 23 heavy (non-hydrogen) atoms. The summed E-state index contributed by atoms with van der Waals surface area (Å²) in [5.41, 5.74) is 2.56. The van der Waals surface area contributed by atoms with Crippen LogP contribution in [0.4, 0.5) is 10.8 Å². The van der Waals surface area contributed by atoms with Gasteiger partial charge in [-0.1, -0.05) is 29.5 Å². The molecule has 0 radical (unpaired) electrons. The number of carbonyl (C=O) groups excluding carboxylic acids is 1. The Kier molecular flexibility index (Phi) is 3.79. The van der Waals surface area contributed by atoms with Crippen molar-refractivity contribution in [1.82, 2.24) is 4.98 Å². The van der Waals surface area contributed by atoms with E-state index in [0.717, 1.165) is 15.8 Å². The Labute approximate surface area is 135 Å². The van der Waals surface area contributed by atoms with Gasteiger partial charge in [-0.3, -0.25) is 20.2 Å². The van der Waals surface area contributed by atoms with Crippen LogP contribution in [0.3, 0.4) is 0 Å². The van der Waals surface area contributed by atoms with Gasteiger partial charge in [-0.25, -0.2) is 4.98 Å². The average molecular weight is 327 g/mol. The van der Waals surface area contributed by atoms with Crippen LogP contribution in [0.15, 0.2) is 36.4 Å². The van der Waals surface area contributed by atoms with Gasteiger partial charge in [-0.15, -0.1) is 0 Å². The van der Waals surface area contributed by atoms with Gasteiger partial charge in [0.25, 0.3) is 11.6 Å². The number of thiazole rings is 1. The van der Waals surface area contributed by atoms with Crippen molar-refractivity contribution in [3.63, 3.8) is 0 Å². The molecule has 3 rings (SSSR count). The topological polar surface area (TPSA) is 85.1 Å². The number of amides is 1. The number of nitro benzene ring substituents is 1. The lowest BCUT2D eigenvalue weighted by Crippen LogP contribution is -2.12. The summed E-state index contributed by atoms with van der Waals surface area (Å²) in [5.74, 6) is -0.412. The molecule has 1 aromatic heterocycles. The molecular formula is C16H13N3O3S. The molecule has 0 bridgehead atoms. The Bertz CT molecular complexity index is 933. The first-order chi connectivity index (χ1) is 11.0. The van der Waals surface area contributed by atoms with Crippen molar-refractivity contribution in [3.8, 4) is 0 Å². The van der Waals surface area contributed by atoms with Gasteiger partial charge in [0, 0.05) is 17.2 Å². The monoisotopic (exact) mass is 327 g/mol. The van der Waals surface area contributed by atoms with E-state index in [4.69, 9.17) is 0 Å². The van der Waals surface area contributed by atoms with Crippen LogP contribution in [0.1, 0.15) is 21.5 Å². The Hall–Kier alpha value is -2.80. The summed E-state index contributed by atoms with van der Waals surface area (Å²) in [7, 11) is 0. The predicted octanol–water partition coefficient (Wildman–Crippen LogP) is 4.07. The van der Waals surface area contributed by atoms with E-state index in [9.17, 15) is 14.9 Å². The number of benzene rings is 2. The van der Waals surface area contributed by atoms with Gasteiger partial charge in [-0.05, 0) is 31.5 Å². The second kappa shape index (κ2) is 5.77. The van der Waals surface area contributed by atoms with Crippen molar-refractivity contribution >= 4 is 38.3 Å². The molecule has 6 nitrogen and oxygen atoms in total. The van der Waals surface area contributed by atoms with Gasteiger partial charge in [0.15, 0.2) is 5.13 Å². The first kappa shape index (κ1) is 15.1. The summed E-state index contributed by atoms with van der Waals surface area (Å²) >= 11 is 1.37. The predicted molar refractivity (Wildman–Crippen MR) is 90.1 cm³/mol. The molecule has 3 aromatic rings. The molecule has 0 saturated heterocycles. The molecule has 0 atom stereocenters. The van der Waals surface area contributed by atoms with Crippen molar-refractivity contribution in [2.24, 2.45) is 0 Å². The van der Waals surface area contributed by atoms with E-state index < -0.39 is 10.8 Å². The minimum atomic E-state index is -0.493. The minimum absolute atomic E-state index is 0.0715. The number of nitrogens with one attached hydrogen (secondary N) is 1. The molecule has 2 aromatic carbocycles. The number of rotatable bonds is 3. The maximum Gasteiger partial charge on any atom is 0.273 e. The maximum atomic E-state index is 12.3. The summed E-state index contributed by atoms with van der Waals surface area (Å²) in [6.45, 7) is 3.59. The maximum absolute atomic E-state index is 12.3. The second-order valence-electron chi connectivity index (χ2n) is 5.15. The molecule has 1 heterocycles. The zero-order chi connectivity index (χ0) is 16.6. The fourth-order valence-electron chi connectivity index (χ4n) is 2.26. The third kappa shape index (κ3) is 2.91. The summed E-state index contributed by atoms with van der Waals surface area (Å²) < 4.78 is 0.982. The number of hydrogen-bond acceptors (Lipinski definition) is 5. The normalized spacial score (nSPS) is 10.7. The van der Waals surface area contributed by atoms with Crippen LogP contribution >= 0.6 is 11.3 Å².